The summed E-state index contributed by atoms with van der Waals surface area (Å²) < 4.78 is 38.7. The first kappa shape index (κ1) is 31.6. The first-order valence-electron chi connectivity index (χ1n) is 14.7. The van der Waals surface area contributed by atoms with Gasteiger partial charge >= 0.3 is 12.2 Å². The van der Waals surface area contributed by atoms with Gasteiger partial charge in [0, 0.05) is 25.2 Å². The van der Waals surface area contributed by atoms with Crippen LogP contribution in [0.2, 0.25) is 0 Å². The molecule has 0 spiro atoms. The first-order chi connectivity index (χ1) is 21.6. The third-order valence-corrected chi connectivity index (χ3v) is 9.45. The molecule has 0 aliphatic carbocycles. The maximum Gasteiger partial charge on any atom is 0.415 e. The topological polar surface area (TPSA) is 152 Å². The van der Waals surface area contributed by atoms with E-state index >= 15 is 0 Å². The van der Waals surface area contributed by atoms with Crippen molar-refractivity contribution in [3.63, 3.8) is 0 Å². The lowest BCUT2D eigenvalue weighted by molar-refractivity contribution is -0.122. The van der Waals surface area contributed by atoms with Gasteiger partial charge in [-0.15, -0.1) is 0 Å². The molecule has 2 amide bonds. The molecule has 0 radical (unpaired) electrons. The molecular weight excluding hydrogens is 598 g/mol. The molecule has 45 heavy (non-hydrogen) atoms. The Balaban J connectivity index is 1.45. The van der Waals surface area contributed by atoms with Gasteiger partial charge in [-0.1, -0.05) is 55.8 Å². The number of Topliss-reactive ketones (excluding diaryl/α,β-unsaturated/α-hetero) is 1. The van der Waals surface area contributed by atoms with Gasteiger partial charge in [-0.3, -0.25) is 9.69 Å². The van der Waals surface area contributed by atoms with Crippen molar-refractivity contribution in [3.05, 3.63) is 78.0 Å². The van der Waals surface area contributed by atoms with Crippen LogP contribution in [0, 0.1) is 18.8 Å². The van der Waals surface area contributed by atoms with Crippen LogP contribution in [-0.2, 0) is 30.7 Å². The number of H-pyrrole nitrogens is 1. The zero-order chi connectivity index (χ0) is 32.1. The number of nitrogens with zero attached hydrogens (tertiary/aromatic N) is 4. The summed E-state index contributed by atoms with van der Waals surface area (Å²) in [6, 6.07) is 17.2. The lowest BCUT2D eigenvalue weighted by Crippen LogP contribution is -2.41. The van der Waals surface area contributed by atoms with Gasteiger partial charge in [0.05, 0.1) is 18.0 Å². The summed E-state index contributed by atoms with van der Waals surface area (Å²) in [6.07, 6.45) is 0.666. The van der Waals surface area contributed by atoms with Crippen LogP contribution in [0.3, 0.4) is 0 Å². The number of fused-ring (bicyclic) bond motifs is 1. The summed E-state index contributed by atoms with van der Waals surface area (Å²) >= 11 is 0. The molecule has 5 rings (SSSR count). The minimum atomic E-state index is -4.30. The highest BCUT2D eigenvalue weighted by Gasteiger charge is 2.41. The van der Waals surface area contributed by atoms with E-state index in [9.17, 15) is 22.8 Å². The average molecular weight is 634 g/mol. The quantitative estimate of drug-likeness (QED) is 0.256. The Labute approximate surface area is 261 Å². The molecule has 236 valence electrons. The predicted molar refractivity (Wildman–Crippen MR) is 165 cm³/mol. The Morgan fingerprint density at radius 1 is 1.00 bits per heavy atom. The summed E-state index contributed by atoms with van der Waals surface area (Å²) in [5.41, 5.74) is 2.05. The summed E-state index contributed by atoms with van der Waals surface area (Å²) in [6.45, 7) is 5.23. The molecule has 0 saturated carbocycles. The number of ether oxygens (including phenoxy) is 2. The number of carbonyl (C=O) groups excluding carboxylic acids is 3. The average Bonchev–Trinajstić information content (AvgIpc) is 3.69. The molecule has 1 aliphatic rings. The standard InChI is InChI=1S/C32H35N5O7S/c1-4-23-17-36(31(39)44-20-22-11-7-6-8-12-22)18-25(23)27(38)19-37(32(40)43-5-2)29-30(35-28-26(34-29)14-15-33-28)45(41,42)24-13-9-10-21(3)16-24/h6-16,23,25H,4-5,17-20H2,1-3H3,(H,33,35)/t23-,25+/m1/s1. The van der Waals surface area contributed by atoms with E-state index < -0.39 is 39.5 Å². The Morgan fingerprint density at radius 3 is 2.49 bits per heavy atom. The highest BCUT2D eigenvalue weighted by Crippen LogP contribution is 2.32. The third kappa shape index (κ3) is 6.83. The zero-order valence-electron chi connectivity index (χ0n) is 25.3. The molecule has 12 nitrogen and oxygen atoms in total. The number of hydrogen-bond donors (Lipinski definition) is 1. The normalized spacial score (nSPS) is 16.5. The number of rotatable bonds is 10. The van der Waals surface area contributed by atoms with Crippen LogP contribution in [-0.4, -0.2) is 72.5 Å². The molecule has 13 heteroatoms. The molecule has 1 fully saturated rings. The zero-order valence-corrected chi connectivity index (χ0v) is 26.1. The number of aromatic amines is 1. The van der Waals surface area contributed by atoms with E-state index in [-0.39, 0.29) is 47.8 Å². The Kier molecular flexibility index (Phi) is 9.47. The summed E-state index contributed by atoms with van der Waals surface area (Å²) in [5, 5.41) is -0.492. The van der Waals surface area contributed by atoms with Gasteiger partial charge in [0.25, 0.3) is 0 Å². The SMILES string of the molecule is CCOC(=O)N(CC(=O)[C@H]1CN(C(=O)OCc2ccccc2)C[C@H]1CC)c1nc2cc[nH]c2nc1S(=O)(=O)c1cccc(C)c1. The Morgan fingerprint density at radius 2 is 1.78 bits per heavy atom. The van der Waals surface area contributed by atoms with Crippen LogP contribution in [0.15, 0.2) is 76.8 Å². The number of nitrogens with one attached hydrogen (secondary N) is 1. The highest BCUT2D eigenvalue weighted by atomic mass is 32.2. The smallest absolute Gasteiger partial charge is 0.415 e. The molecule has 2 atom stereocenters. The maximum absolute atomic E-state index is 13.9. The number of aryl methyl sites for hydroxylation is 1. The van der Waals surface area contributed by atoms with Crippen molar-refractivity contribution in [2.45, 2.75) is 43.7 Å². The molecule has 3 heterocycles. The molecule has 1 saturated heterocycles. The van der Waals surface area contributed by atoms with Crippen LogP contribution in [0.5, 0.6) is 0 Å². The fourth-order valence-electron chi connectivity index (χ4n) is 5.41. The largest absolute Gasteiger partial charge is 0.449 e. The number of carbonyl (C=O) groups is 3. The lowest BCUT2D eigenvalue weighted by atomic mass is 9.90. The van der Waals surface area contributed by atoms with Gasteiger partial charge < -0.3 is 19.4 Å². The Hall–Kier alpha value is -4.78. The minimum Gasteiger partial charge on any atom is -0.449 e. The van der Waals surface area contributed by atoms with Crippen molar-refractivity contribution in [2.75, 3.05) is 31.1 Å². The van der Waals surface area contributed by atoms with E-state index in [0.29, 0.717) is 24.0 Å². The number of hydrogen-bond acceptors (Lipinski definition) is 9. The number of benzene rings is 2. The fourth-order valence-corrected chi connectivity index (χ4v) is 6.84. The van der Waals surface area contributed by atoms with E-state index in [1.165, 1.54) is 17.0 Å². The molecule has 0 bridgehead atoms. The second-order valence-corrected chi connectivity index (χ2v) is 12.7. The molecule has 1 N–H and O–H groups in total. The van der Waals surface area contributed by atoms with Crippen LogP contribution < -0.4 is 4.90 Å². The lowest BCUT2D eigenvalue weighted by Gasteiger charge is -2.24. The van der Waals surface area contributed by atoms with Crippen molar-refractivity contribution < 1.29 is 32.3 Å². The van der Waals surface area contributed by atoms with Crippen molar-refractivity contribution in [1.29, 1.82) is 0 Å². The van der Waals surface area contributed by atoms with Gasteiger partial charge in [0.15, 0.2) is 17.2 Å². The summed E-state index contributed by atoms with van der Waals surface area (Å²) in [7, 11) is -4.30. The van der Waals surface area contributed by atoms with E-state index in [4.69, 9.17) is 9.47 Å². The van der Waals surface area contributed by atoms with E-state index in [1.807, 2.05) is 37.3 Å². The third-order valence-electron chi connectivity index (χ3n) is 7.79. The van der Waals surface area contributed by atoms with Gasteiger partial charge in [0.2, 0.25) is 14.9 Å². The fraction of sp³-hybridized carbons (Fsp3) is 0.344. The summed E-state index contributed by atoms with van der Waals surface area (Å²) in [5.74, 6) is -1.51. The number of ketones is 1. The van der Waals surface area contributed by atoms with E-state index in [0.717, 1.165) is 10.5 Å². The molecule has 0 unspecified atom stereocenters. The molecule has 2 aromatic heterocycles. The van der Waals surface area contributed by atoms with Gasteiger partial charge in [0.1, 0.15) is 12.1 Å². The second-order valence-electron chi connectivity index (χ2n) is 10.9. The van der Waals surface area contributed by atoms with Crippen LogP contribution in [0.1, 0.15) is 31.4 Å². The van der Waals surface area contributed by atoms with Gasteiger partial charge in [-0.25, -0.2) is 28.0 Å². The van der Waals surface area contributed by atoms with Crippen LogP contribution >= 0.6 is 0 Å². The van der Waals surface area contributed by atoms with Crippen molar-refractivity contribution in [1.82, 2.24) is 19.9 Å². The monoisotopic (exact) mass is 633 g/mol. The van der Waals surface area contributed by atoms with Crippen LogP contribution in [0.25, 0.3) is 11.2 Å². The minimum absolute atomic E-state index is 0.0225. The van der Waals surface area contributed by atoms with Gasteiger partial charge in [-0.05, 0) is 49.1 Å². The predicted octanol–water partition coefficient (Wildman–Crippen LogP) is 4.93. The number of likely N-dealkylation sites (tertiary alicyclic amines) is 1. The Bertz CT molecular complexity index is 1810. The summed E-state index contributed by atoms with van der Waals surface area (Å²) in [4.78, 5) is 54.3. The highest BCUT2D eigenvalue weighted by molar-refractivity contribution is 7.91. The van der Waals surface area contributed by atoms with Crippen LogP contribution in [0.4, 0.5) is 15.4 Å². The number of amides is 2. The van der Waals surface area contributed by atoms with Crippen molar-refractivity contribution in [3.8, 4) is 0 Å². The number of sulfone groups is 1. The second kappa shape index (κ2) is 13.5. The molecular formula is C32H35N5O7S. The molecule has 2 aromatic carbocycles. The van der Waals surface area contributed by atoms with E-state index in [1.54, 1.807) is 38.2 Å². The van der Waals surface area contributed by atoms with E-state index in [2.05, 4.69) is 15.0 Å². The first-order valence-corrected chi connectivity index (χ1v) is 16.2. The molecule has 1 aliphatic heterocycles. The number of aromatic nitrogens is 3. The number of anilines is 1. The van der Waals surface area contributed by atoms with Crippen molar-refractivity contribution in [2.24, 2.45) is 11.8 Å². The maximum atomic E-state index is 13.9. The van der Waals surface area contributed by atoms with Gasteiger partial charge in [-0.2, -0.15) is 0 Å². The van der Waals surface area contributed by atoms with Crippen molar-refractivity contribution >= 4 is 44.8 Å². The molecule has 4 aromatic rings.